The van der Waals surface area contributed by atoms with Gasteiger partial charge < -0.3 is 0 Å². The first-order chi connectivity index (χ1) is 13.9. The van der Waals surface area contributed by atoms with Gasteiger partial charge in [-0.1, -0.05) is 52.0 Å². The van der Waals surface area contributed by atoms with E-state index in [2.05, 4.69) is 0 Å². The molecule has 0 aliphatic heterocycles. The van der Waals surface area contributed by atoms with Gasteiger partial charge in [-0.25, -0.2) is 0 Å². The highest BCUT2D eigenvalue weighted by atomic mass is 16.1. The summed E-state index contributed by atoms with van der Waals surface area (Å²) in [5.41, 5.74) is 3.27. The van der Waals surface area contributed by atoms with Crippen LogP contribution in [0.5, 0.6) is 0 Å². The molecule has 2 aromatic carbocycles. The molecule has 0 unspecified atom stereocenters. The maximum atomic E-state index is 12.5. The zero-order valence-electron chi connectivity index (χ0n) is 17.5. The maximum Gasteiger partial charge on any atom is 0.162 e. The molecule has 2 rings (SSSR count). The van der Waals surface area contributed by atoms with E-state index in [1.54, 1.807) is 70.5 Å². The second-order valence-corrected chi connectivity index (χ2v) is 6.86. The number of rotatable bonds is 10. The van der Waals surface area contributed by atoms with Crippen LogP contribution in [0.15, 0.2) is 36.4 Å². The predicted molar refractivity (Wildman–Crippen MR) is 114 cm³/mol. The molecule has 0 aromatic heterocycles. The van der Waals surface area contributed by atoms with E-state index in [-0.39, 0.29) is 23.1 Å². The van der Waals surface area contributed by atoms with Crippen LogP contribution in [0.2, 0.25) is 0 Å². The van der Waals surface area contributed by atoms with Gasteiger partial charge in [-0.05, 0) is 23.3 Å². The Morgan fingerprint density at radius 3 is 1.24 bits per heavy atom. The Bertz CT molecular complexity index is 876. The molecule has 0 spiro atoms. The van der Waals surface area contributed by atoms with Crippen molar-refractivity contribution in [1.82, 2.24) is 0 Å². The van der Waals surface area contributed by atoms with E-state index in [0.717, 1.165) is 0 Å². The summed E-state index contributed by atoms with van der Waals surface area (Å²) in [7, 11) is 0. The minimum absolute atomic E-state index is 0.0222. The van der Waals surface area contributed by atoms with Crippen molar-refractivity contribution < 1.29 is 19.2 Å². The molecule has 0 saturated heterocycles. The Morgan fingerprint density at radius 1 is 0.586 bits per heavy atom. The Morgan fingerprint density at radius 2 is 0.931 bits per heavy atom. The second kappa shape index (κ2) is 10.1. The summed E-state index contributed by atoms with van der Waals surface area (Å²) in [6, 6.07) is 10.2. The van der Waals surface area contributed by atoms with Crippen molar-refractivity contribution in [2.24, 2.45) is 0 Å². The number of hydrogen-bond acceptors (Lipinski definition) is 4. The van der Waals surface area contributed by atoms with Crippen LogP contribution in [0.3, 0.4) is 0 Å². The molecule has 0 heterocycles. The van der Waals surface area contributed by atoms with E-state index in [0.29, 0.717) is 59.1 Å². The summed E-state index contributed by atoms with van der Waals surface area (Å²) in [5, 5.41) is 0. The van der Waals surface area contributed by atoms with Gasteiger partial charge in [-0.3, -0.25) is 19.2 Å². The van der Waals surface area contributed by atoms with Crippen molar-refractivity contribution in [2.45, 2.75) is 53.4 Å². The summed E-state index contributed by atoms with van der Waals surface area (Å²) in [5.74, 6) is -0.178. The van der Waals surface area contributed by atoms with Crippen molar-refractivity contribution in [3.05, 3.63) is 76.2 Å². The standard InChI is InChI=1S/C25H27O4/c1-5-22(26)18-11-9-16(20(14-18)24(28)7-3)13-17-10-12-19(23(27)6-2)15-21(17)25(29)8-4/h9-15H,5-8H2,1-4H3. The fourth-order valence-electron chi connectivity index (χ4n) is 3.15. The quantitative estimate of drug-likeness (QED) is 0.490. The molecule has 151 valence electrons. The van der Waals surface area contributed by atoms with Crippen LogP contribution < -0.4 is 0 Å². The number of carbonyl (C=O) groups excluding carboxylic acids is 4. The number of ketones is 4. The van der Waals surface area contributed by atoms with Gasteiger partial charge in [-0.15, -0.1) is 0 Å². The highest BCUT2D eigenvalue weighted by molar-refractivity contribution is 6.04. The van der Waals surface area contributed by atoms with Crippen LogP contribution in [0.25, 0.3) is 0 Å². The van der Waals surface area contributed by atoms with Gasteiger partial charge in [0.05, 0.1) is 0 Å². The van der Waals surface area contributed by atoms with Gasteiger partial charge in [0, 0.05) is 54.4 Å². The summed E-state index contributed by atoms with van der Waals surface area (Å²) in [4.78, 5) is 49.1. The average molecular weight is 391 g/mol. The van der Waals surface area contributed by atoms with Gasteiger partial charge in [0.25, 0.3) is 0 Å². The molecule has 0 aliphatic carbocycles. The summed E-state index contributed by atoms with van der Waals surface area (Å²) >= 11 is 0. The third kappa shape index (κ3) is 5.14. The van der Waals surface area contributed by atoms with Crippen molar-refractivity contribution >= 4 is 23.1 Å². The summed E-state index contributed by atoms with van der Waals surface area (Å²) in [6.45, 7) is 7.12. The van der Waals surface area contributed by atoms with Gasteiger partial charge >= 0.3 is 0 Å². The molecule has 2 aromatic rings. The van der Waals surface area contributed by atoms with E-state index in [1.165, 1.54) is 0 Å². The normalized spacial score (nSPS) is 10.6. The molecule has 0 fully saturated rings. The van der Waals surface area contributed by atoms with E-state index in [4.69, 9.17) is 0 Å². The molecule has 4 nitrogen and oxygen atoms in total. The van der Waals surface area contributed by atoms with Crippen LogP contribution in [0.1, 0.15) is 106 Å². The number of carbonyl (C=O) groups is 4. The lowest BCUT2D eigenvalue weighted by molar-refractivity contribution is 0.0973. The summed E-state index contributed by atoms with van der Waals surface area (Å²) < 4.78 is 0. The highest BCUT2D eigenvalue weighted by Gasteiger charge is 2.18. The number of benzene rings is 2. The molecule has 1 radical (unpaired) electrons. The SMILES string of the molecule is CCC(=O)c1ccc([CH]c2ccc(C(=O)CC)cc2C(=O)CC)c(C(=O)CC)c1. The van der Waals surface area contributed by atoms with Crippen molar-refractivity contribution in [3.63, 3.8) is 0 Å². The lowest BCUT2D eigenvalue weighted by Gasteiger charge is -2.13. The van der Waals surface area contributed by atoms with Gasteiger partial charge in [0.2, 0.25) is 0 Å². The van der Waals surface area contributed by atoms with Gasteiger partial charge in [0.1, 0.15) is 0 Å². The maximum absolute atomic E-state index is 12.5. The molecular weight excluding hydrogens is 364 g/mol. The molecule has 0 N–H and O–H groups in total. The zero-order valence-corrected chi connectivity index (χ0v) is 17.5. The van der Waals surface area contributed by atoms with Crippen LogP contribution in [0, 0.1) is 6.42 Å². The lowest BCUT2D eigenvalue weighted by atomic mass is 9.89. The average Bonchev–Trinajstić information content (AvgIpc) is 2.77. The Hall–Kier alpha value is -2.88. The van der Waals surface area contributed by atoms with Crippen LogP contribution in [-0.2, 0) is 0 Å². The minimum atomic E-state index is -0.0665. The molecule has 0 bridgehead atoms. The minimum Gasteiger partial charge on any atom is -0.294 e. The molecule has 0 atom stereocenters. The van der Waals surface area contributed by atoms with Crippen molar-refractivity contribution in [2.75, 3.05) is 0 Å². The van der Waals surface area contributed by atoms with E-state index >= 15 is 0 Å². The van der Waals surface area contributed by atoms with Gasteiger partial charge in [-0.2, -0.15) is 0 Å². The largest absolute Gasteiger partial charge is 0.294 e. The Labute approximate surface area is 172 Å². The smallest absolute Gasteiger partial charge is 0.162 e. The lowest BCUT2D eigenvalue weighted by Crippen LogP contribution is -2.09. The second-order valence-electron chi connectivity index (χ2n) is 6.86. The zero-order chi connectivity index (χ0) is 21.6. The third-order valence-electron chi connectivity index (χ3n) is 4.95. The van der Waals surface area contributed by atoms with E-state index < -0.39 is 0 Å². The van der Waals surface area contributed by atoms with Crippen LogP contribution in [0.4, 0.5) is 0 Å². The van der Waals surface area contributed by atoms with Crippen LogP contribution in [-0.4, -0.2) is 23.1 Å². The third-order valence-corrected chi connectivity index (χ3v) is 4.95. The Balaban J connectivity index is 2.54. The molecule has 29 heavy (non-hydrogen) atoms. The van der Waals surface area contributed by atoms with E-state index in [9.17, 15) is 19.2 Å². The van der Waals surface area contributed by atoms with Gasteiger partial charge in [0.15, 0.2) is 23.1 Å². The first-order valence-electron chi connectivity index (χ1n) is 10.1. The monoisotopic (exact) mass is 391 g/mol. The first kappa shape index (κ1) is 22.4. The molecule has 0 aliphatic rings. The van der Waals surface area contributed by atoms with Crippen molar-refractivity contribution in [3.8, 4) is 0 Å². The molecular formula is C25H27O4. The topological polar surface area (TPSA) is 68.3 Å². The first-order valence-corrected chi connectivity index (χ1v) is 10.1. The molecule has 0 saturated carbocycles. The van der Waals surface area contributed by atoms with E-state index in [1.807, 2.05) is 0 Å². The van der Waals surface area contributed by atoms with Crippen LogP contribution >= 0.6 is 0 Å². The fraction of sp³-hybridized carbons (Fsp3) is 0.320. The highest BCUT2D eigenvalue weighted by Crippen LogP contribution is 2.25. The van der Waals surface area contributed by atoms with Crippen molar-refractivity contribution in [1.29, 1.82) is 0 Å². The fourth-order valence-corrected chi connectivity index (χ4v) is 3.15. The number of Topliss-reactive ketones (excluding diaryl/α,β-unsaturated/α-hetero) is 4. The Kier molecular flexibility index (Phi) is 7.77. The molecule has 0 amide bonds. The summed E-state index contributed by atoms with van der Waals surface area (Å²) in [6.07, 6.45) is 3.15. The number of hydrogen-bond donors (Lipinski definition) is 0. The predicted octanol–water partition coefficient (Wildman–Crippen LogP) is 5.66. The molecule has 4 heteroatoms.